The van der Waals surface area contributed by atoms with E-state index in [1.807, 2.05) is 0 Å². The summed E-state index contributed by atoms with van der Waals surface area (Å²) in [7, 11) is -2.48. The molecular formula is C10H11BrN4O4S2. The summed E-state index contributed by atoms with van der Waals surface area (Å²) in [6.45, 7) is 1.88. The van der Waals surface area contributed by atoms with Crippen molar-refractivity contribution in [2.75, 3.05) is 11.3 Å². The van der Waals surface area contributed by atoms with Crippen molar-refractivity contribution in [3.63, 3.8) is 0 Å². The number of anilines is 1. The monoisotopic (exact) mass is 394 g/mol. The van der Waals surface area contributed by atoms with E-state index < -0.39 is 16.0 Å². The Kier molecular flexibility index (Phi) is 4.64. The maximum atomic E-state index is 12.3. The molecular weight excluding hydrogens is 384 g/mol. The van der Waals surface area contributed by atoms with Gasteiger partial charge < -0.3 is 4.74 Å². The molecule has 0 aliphatic carbocycles. The van der Waals surface area contributed by atoms with E-state index in [9.17, 15) is 13.2 Å². The molecule has 0 bridgehead atoms. The van der Waals surface area contributed by atoms with Crippen molar-refractivity contribution in [1.29, 1.82) is 0 Å². The van der Waals surface area contributed by atoms with Gasteiger partial charge in [-0.3, -0.25) is 4.72 Å². The molecule has 0 spiro atoms. The zero-order chi connectivity index (χ0) is 15.6. The second-order valence-corrected chi connectivity index (χ2v) is 7.06. The van der Waals surface area contributed by atoms with Gasteiger partial charge in [0, 0.05) is 7.05 Å². The first-order chi connectivity index (χ1) is 9.86. The van der Waals surface area contributed by atoms with E-state index in [1.165, 1.54) is 13.1 Å². The van der Waals surface area contributed by atoms with Gasteiger partial charge >= 0.3 is 5.97 Å². The van der Waals surface area contributed by atoms with Crippen LogP contribution in [0.2, 0.25) is 0 Å². The summed E-state index contributed by atoms with van der Waals surface area (Å²) < 4.78 is 33.1. The molecule has 0 unspecified atom stereocenters. The highest BCUT2D eigenvalue weighted by molar-refractivity contribution is 9.10. The zero-order valence-corrected chi connectivity index (χ0v) is 14.2. The second kappa shape index (κ2) is 6.12. The molecule has 11 heteroatoms. The van der Waals surface area contributed by atoms with Crippen LogP contribution in [0.1, 0.15) is 17.3 Å². The minimum Gasteiger partial charge on any atom is -0.462 e. The summed E-state index contributed by atoms with van der Waals surface area (Å²) in [4.78, 5) is 11.7. The van der Waals surface area contributed by atoms with Crippen molar-refractivity contribution in [3.05, 3.63) is 21.6 Å². The lowest BCUT2D eigenvalue weighted by Gasteiger charge is -2.08. The highest BCUT2D eigenvalue weighted by atomic mass is 79.9. The predicted octanol–water partition coefficient (Wildman–Crippen LogP) is 1.62. The zero-order valence-electron chi connectivity index (χ0n) is 11.0. The molecule has 21 heavy (non-hydrogen) atoms. The quantitative estimate of drug-likeness (QED) is 0.772. The van der Waals surface area contributed by atoms with E-state index in [1.54, 1.807) is 12.3 Å². The van der Waals surface area contributed by atoms with E-state index in [4.69, 9.17) is 4.74 Å². The van der Waals surface area contributed by atoms with Crippen LogP contribution in [0, 0.1) is 0 Å². The van der Waals surface area contributed by atoms with Crippen LogP contribution in [-0.4, -0.2) is 36.0 Å². The minimum atomic E-state index is -3.93. The van der Waals surface area contributed by atoms with Crippen molar-refractivity contribution in [2.45, 2.75) is 11.9 Å². The van der Waals surface area contributed by atoms with E-state index >= 15 is 0 Å². The number of ether oxygens (including phenoxy) is 1. The van der Waals surface area contributed by atoms with Gasteiger partial charge in [-0.15, -0.1) is 16.4 Å². The van der Waals surface area contributed by atoms with Gasteiger partial charge in [0.15, 0.2) is 4.60 Å². The van der Waals surface area contributed by atoms with Crippen molar-refractivity contribution >= 4 is 48.3 Å². The Morgan fingerprint density at radius 2 is 2.29 bits per heavy atom. The number of halogens is 1. The summed E-state index contributed by atoms with van der Waals surface area (Å²) in [6.07, 6.45) is 0. The van der Waals surface area contributed by atoms with Crippen LogP contribution in [0.25, 0.3) is 0 Å². The molecule has 0 fully saturated rings. The smallest absolute Gasteiger partial charge is 0.341 e. The fourth-order valence-corrected chi connectivity index (χ4v) is 4.74. The van der Waals surface area contributed by atoms with Gasteiger partial charge in [0.05, 0.1) is 12.2 Å². The molecule has 2 rings (SSSR count). The standard InChI is InChI=1S/C10H11BrN4O4S2/c1-3-19-10(16)6-4-5-20-8(6)13-21(17,18)9-7(11)12-14-15(9)2/h4-5,13H,3H2,1-2H3. The predicted molar refractivity (Wildman–Crippen MR) is 79.8 cm³/mol. The number of carbonyl (C=O) groups is 1. The van der Waals surface area contributed by atoms with Crippen LogP contribution in [0.3, 0.4) is 0 Å². The fourth-order valence-electron chi connectivity index (χ4n) is 1.54. The molecule has 2 aromatic rings. The van der Waals surface area contributed by atoms with Crippen LogP contribution in [-0.2, 0) is 21.8 Å². The third-order valence-corrected chi connectivity index (χ3v) is 5.57. The number of carbonyl (C=O) groups excluding carboxylic acids is 1. The lowest BCUT2D eigenvalue weighted by molar-refractivity contribution is 0.0528. The number of hydrogen-bond acceptors (Lipinski definition) is 7. The molecule has 1 N–H and O–H groups in total. The van der Waals surface area contributed by atoms with E-state index in [-0.39, 0.29) is 26.8 Å². The largest absolute Gasteiger partial charge is 0.462 e. The molecule has 0 saturated heterocycles. The molecule has 8 nitrogen and oxygen atoms in total. The summed E-state index contributed by atoms with van der Waals surface area (Å²) in [5.74, 6) is -0.585. The average molecular weight is 395 g/mol. The van der Waals surface area contributed by atoms with Gasteiger partial charge in [-0.2, -0.15) is 8.42 Å². The van der Waals surface area contributed by atoms with Crippen LogP contribution in [0.15, 0.2) is 21.1 Å². The molecule has 0 atom stereocenters. The van der Waals surface area contributed by atoms with Crippen LogP contribution < -0.4 is 4.72 Å². The van der Waals surface area contributed by atoms with Gasteiger partial charge in [0.2, 0.25) is 5.03 Å². The number of sulfonamides is 1. The summed E-state index contributed by atoms with van der Waals surface area (Å²) in [5, 5.41) is 8.88. The first kappa shape index (κ1) is 15.9. The molecule has 0 amide bonds. The highest BCUT2D eigenvalue weighted by Crippen LogP contribution is 2.28. The summed E-state index contributed by atoms with van der Waals surface area (Å²) in [5.41, 5.74) is 0.164. The third kappa shape index (κ3) is 3.24. The number of nitrogens with one attached hydrogen (secondary N) is 1. The first-order valence-electron chi connectivity index (χ1n) is 5.69. The Balaban J connectivity index is 2.35. The maximum absolute atomic E-state index is 12.3. The highest BCUT2D eigenvalue weighted by Gasteiger charge is 2.26. The lowest BCUT2D eigenvalue weighted by Crippen LogP contribution is -2.18. The summed E-state index contributed by atoms with van der Waals surface area (Å²) in [6, 6.07) is 1.50. The van der Waals surface area contributed by atoms with Gasteiger partial charge in [0.1, 0.15) is 5.00 Å². The average Bonchev–Trinajstić information content (AvgIpc) is 2.96. The molecule has 0 aliphatic heterocycles. The van der Waals surface area contributed by atoms with Crippen molar-refractivity contribution in [2.24, 2.45) is 7.05 Å². The van der Waals surface area contributed by atoms with Gasteiger partial charge in [0.25, 0.3) is 10.0 Å². The molecule has 0 aliphatic rings. The van der Waals surface area contributed by atoms with Crippen LogP contribution in [0.4, 0.5) is 5.00 Å². The Morgan fingerprint density at radius 3 is 2.86 bits per heavy atom. The summed E-state index contributed by atoms with van der Waals surface area (Å²) >= 11 is 4.11. The molecule has 114 valence electrons. The molecule has 2 aromatic heterocycles. The normalized spacial score (nSPS) is 11.4. The number of thiophene rings is 1. The van der Waals surface area contributed by atoms with Crippen molar-refractivity contribution in [1.82, 2.24) is 15.0 Å². The Morgan fingerprint density at radius 1 is 1.57 bits per heavy atom. The second-order valence-electron chi connectivity index (χ2n) is 3.80. The van der Waals surface area contributed by atoms with Crippen LogP contribution in [0.5, 0.6) is 0 Å². The minimum absolute atomic E-state index is 0.0896. The maximum Gasteiger partial charge on any atom is 0.341 e. The Hall–Kier alpha value is -1.46. The van der Waals surface area contributed by atoms with E-state index in [0.29, 0.717) is 0 Å². The molecule has 2 heterocycles. The molecule has 0 saturated carbocycles. The van der Waals surface area contributed by atoms with Gasteiger partial charge in [-0.1, -0.05) is 5.21 Å². The first-order valence-corrected chi connectivity index (χ1v) is 8.85. The fraction of sp³-hybridized carbons (Fsp3) is 0.300. The van der Waals surface area contributed by atoms with Gasteiger partial charge in [-0.05, 0) is 34.3 Å². The SMILES string of the molecule is CCOC(=O)c1ccsc1NS(=O)(=O)c1c(Br)nnn1C. The molecule has 0 radical (unpaired) electrons. The number of esters is 1. The third-order valence-electron chi connectivity index (χ3n) is 2.38. The van der Waals surface area contributed by atoms with E-state index in [2.05, 4.69) is 31.0 Å². The molecule has 0 aromatic carbocycles. The van der Waals surface area contributed by atoms with Crippen molar-refractivity contribution in [3.8, 4) is 0 Å². The number of nitrogens with zero attached hydrogens (tertiary/aromatic N) is 3. The Labute approximate surface area is 133 Å². The Bertz CT molecular complexity index is 748. The number of rotatable bonds is 5. The van der Waals surface area contributed by atoms with Gasteiger partial charge in [-0.25, -0.2) is 9.48 Å². The van der Waals surface area contributed by atoms with Crippen molar-refractivity contribution < 1.29 is 17.9 Å². The number of aromatic nitrogens is 3. The topological polar surface area (TPSA) is 103 Å². The number of aryl methyl sites for hydroxylation is 1. The van der Waals surface area contributed by atoms with E-state index in [0.717, 1.165) is 16.0 Å². The lowest BCUT2D eigenvalue weighted by atomic mass is 10.3. The van der Waals surface area contributed by atoms with Crippen LogP contribution >= 0.6 is 27.3 Å². The number of hydrogen-bond donors (Lipinski definition) is 1.